The maximum atomic E-state index is 12.1. The lowest BCUT2D eigenvalue weighted by atomic mass is 9.91. The van der Waals surface area contributed by atoms with Crippen molar-refractivity contribution in [1.82, 2.24) is 4.90 Å². The lowest BCUT2D eigenvalue weighted by Gasteiger charge is -2.45. The zero-order valence-corrected chi connectivity index (χ0v) is 13.5. The van der Waals surface area contributed by atoms with Gasteiger partial charge in [0, 0.05) is 12.8 Å². The maximum Gasteiger partial charge on any atom is 0.410 e. The molecule has 2 unspecified atom stereocenters. The predicted molar refractivity (Wildman–Crippen MR) is 74.9 cm³/mol. The zero-order chi connectivity index (χ0) is 15.1. The van der Waals surface area contributed by atoms with E-state index < -0.39 is 26.3 Å². The van der Waals surface area contributed by atoms with Gasteiger partial charge in [0.2, 0.25) is 0 Å². The molecule has 0 aromatic heterocycles. The highest BCUT2D eigenvalue weighted by Gasteiger charge is 2.48. The highest BCUT2D eigenvalue weighted by Crippen LogP contribution is 2.34. The first-order valence-electron chi connectivity index (χ1n) is 6.58. The van der Waals surface area contributed by atoms with Crippen LogP contribution in [0.4, 0.5) is 4.79 Å². The van der Waals surface area contributed by atoms with Crippen molar-refractivity contribution in [2.75, 3.05) is 12.8 Å². The van der Waals surface area contributed by atoms with Gasteiger partial charge in [0.1, 0.15) is 5.60 Å². The van der Waals surface area contributed by atoms with E-state index in [1.165, 1.54) is 11.2 Å². The second-order valence-corrected chi connectivity index (χ2v) is 9.02. The van der Waals surface area contributed by atoms with Crippen LogP contribution in [-0.2, 0) is 14.6 Å². The van der Waals surface area contributed by atoms with E-state index in [1.54, 1.807) is 34.6 Å². The van der Waals surface area contributed by atoms with E-state index in [1.807, 2.05) is 0 Å². The van der Waals surface area contributed by atoms with E-state index in [9.17, 15) is 13.2 Å². The molecule has 0 aromatic carbocycles. The van der Waals surface area contributed by atoms with E-state index in [0.29, 0.717) is 19.4 Å². The number of hydrogen-bond acceptors (Lipinski definition) is 4. The lowest BCUT2D eigenvalue weighted by molar-refractivity contribution is 0.00724. The van der Waals surface area contributed by atoms with Gasteiger partial charge in [0.25, 0.3) is 0 Å². The SMILES string of the molecule is CC1N(C(=O)OC(C)(C)C)CCCC1(C)S(C)(=O)=O. The van der Waals surface area contributed by atoms with Crippen molar-refractivity contribution in [3.63, 3.8) is 0 Å². The van der Waals surface area contributed by atoms with Crippen LogP contribution in [0.2, 0.25) is 0 Å². The molecule has 0 N–H and O–H groups in total. The molecule has 1 saturated heterocycles. The Bertz CT molecular complexity index is 452. The minimum Gasteiger partial charge on any atom is -0.444 e. The van der Waals surface area contributed by atoms with Gasteiger partial charge in [-0.3, -0.25) is 0 Å². The molecular formula is C13H25NO4S. The highest BCUT2D eigenvalue weighted by atomic mass is 32.2. The largest absolute Gasteiger partial charge is 0.444 e. The molecule has 0 aromatic rings. The molecule has 6 heteroatoms. The van der Waals surface area contributed by atoms with E-state index in [-0.39, 0.29) is 6.04 Å². The Morgan fingerprint density at radius 2 is 1.89 bits per heavy atom. The third-order valence-corrected chi connectivity index (χ3v) is 6.14. The van der Waals surface area contributed by atoms with Crippen LogP contribution in [0.3, 0.4) is 0 Å². The molecule has 112 valence electrons. The summed E-state index contributed by atoms with van der Waals surface area (Å²) < 4.78 is 28.4. The quantitative estimate of drug-likeness (QED) is 0.743. The topological polar surface area (TPSA) is 63.7 Å². The fourth-order valence-electron chi connectivity index (χ4n) is 2.40. The molecule has 1 rings (SSSR count). The van der Waals surface area contributed by atoms with Gasteiger partial charge in [-0.1, -0.05) is 0 Å². The van der Waals surface area contributed by atoms with Crippen molar-refractivity contribution in [1.29, 1.82) is 0 Å². The lowest BCUT2D eigenvalue weighted by Crippen LogP contribution is -2.59. The summed E-state index contributed by atoms with van der Waals surface area (Å²) in [6, 6.07) is -0.383. The number of nitrogens with zero attached hydrogens (tertiary/aromatic N) is 1. The molecule has 0 spiro atoms. The molecule has 1 aliphatic rings. The average molecular weight is 291 g/mol. The number of amides is 1. The van der Waals surface area contributed by atoms with Gasteiger partial charge < -0.3 is 9.64 Å². The van der Waals surface area contributed by atoms with E-state index in [4.69, 9.17) is 4.74 Å². The van der Waals surface area contributed by atoms with Gasteiger partial charge in [-0.05, 0) is 47.5 Å². The smallest absolute Gasteiger partial charge is 0.410 e. The van der Waals surface area contributed by atoms with Crippen LogP contribution in [0.1, 0.15) is 47.5 Å². The first-order valence-corrected chi connectivity index (χ1v) is 8.47. The van der Waals surface area contributed by atoms with Gasteiger partial charge >= 0.3 is 6.09 Å². The molecule has 0 radical (unpaired) electrons. The Hall–Kier alpha value is -0.780. The normalized spacial score (nSPS) is 29.2. The summed E-state index contributed by atoms with van der Waals surface area (Å²) in [6.45, 7) is 9.44. The Balaban J connectivity index is 2.97. The summed E-state index contributed by atoms with van der Waals surface area (Å²) in [4.78, 5) is 13.7. The monoisotopic (exact) mass is 291 g/mol. The third kappa shape index (κ3) is 3.41. The average Bonchev–Trinajstić information content (AvgIpc) is 2.17. The number of likely N-dealkylation sites (tertiary alicyclic amines) is 1. The van der Waals surface area contributed by atoms with Crippen molar-refractivity contribution >= 4 is 15.9 Å². The maximum absolute atomic E-state index is 12.1. The van der Waals surface area contributed by atoms with Gasteiger partial charge in [-0.2, -0.15) is 0 Å². The number of piperidine rings is 1. The molecular weight excluding hydrogens is 266 g/mol. The second-order valence-electron chi connectivity index (χ2n) is 6.54. The minimum atomic E-state index is -3.23. The molecule has 0 saturated carbocycles. The second kappa shape index (κ2) is 4.96. The summed E-state index contributed by atoms with van der Waals surface area (Å²) in [6.07, 6.45) is 2.05. The molecule has 1 heterocycles. The van der Waals surface area contributed by atoms with Crippen LogP contribution in [0.5, 0.6) is 0 Å². The summed E-state index contributed by atoms with van der Waals surface area (Å²) in [5.41, 5.74) is -0.574. The Morgan fingerprint density at radius 1 is 1.37 bits per heavy atom. The first kappa shape index (κ1) is 16.3. The zero-order valence-electron chi connectivity index (χ0n) is 12.7. The number of carbonyl (C=O) groups excluding carboxylic acids is 1. The van der Waals surface area contributed by atoms with Gasteiger partial charge in [-0.25, -0.2) is 13.2 Å². The summed E-state index contributed by atoms with van der Waals surface area (Å²) >= 11 is 0. The van der Waals surface area contributed by atoms with E-state index in [0.717, 1.165) is 0 Å². The van der Waals surface area contributed by atoms with Gasteiger partial charge in [-0.15, -0.1) is 0 Å². The molecule has 2 atom stereocenters. The third-order valence-electron chi connectivity index (χ3n) is 3.90. The van der Waals surface area contributed by atoms with Crippen molar-refractivity contribution in [2.24, 2.45) is 0 Å². The fourth-order valence-corrected chi connectivity index (χ4v) is 3.66. The number of ether oxygens (including phenoxy) is 1. The number of carbonyl (C=O) groups is 1. The van der Waals surface area contributed by atoms with E-state index in [2.05, 4.69) is 0 Å². The molecule has 1 fully saturated rings. The van der Waals surface area contributed by atoms with Crippen molar-refractivity contribution in [3.05, 3.63) is 0 Å². The molecule has 19 heavy (non-hydrogen) atoms. The van der Waals surface area contributed by atoms with Crippen molar-refractivity contribution in [3.8, 4) is 0 Å². The molecule has 5 nitrogen and oxygen atoms in total. The predicted octanol–water partition coefficient (Wildman–Crippen LogP) is 2.21. The number of rotatable bonds is 1. The van der Waals surface area contributed by atoms with Crippen LogP contribution in [-0.4, -0.2) is 48.6 Å². The Kier molecular flexibility index (Phi) is 4.25. The van der Waals surface area contributed by atoms with Crippen LogP contribution in [0.25, 0.3) is 0 Å². The number of hydrogen-bond donors (Lipinski definition) is 0. The first-order chi connectivity index (χ1) is 8.38. The Labute approximate surface area is 116 Å². The molecule has 1 amide bonds. The molecule has 1 aliphatic heterocycles. The number of sulfone groups is 1. The highest BCUT2D eigenvalue weighted by molar-refractivity contribution is 7.92. The van der Waals surface area contributed by atoms with E-state index >= 15 is 0 Å². The van der Waals surface area contributed by atoms with Gasteiger partial charge in [0.15, 0.2) is 9.84 Å². The van der Waals surface area contributed by atoms with Crippen LogP contribution >= 0.6 is 0 Å². The summed E-state index contributed by atoms with van der Waals surface area (Å²) in [5.74, 6) is 0. The molecule has 0 bridgehead atoms. The minimum absolute atomic E-state index is 0.383. The van der Waals surface area contributed by atoms with Gasteiger partial charge in [0.05, 0.1) is 10.8 Å². The summed E-state index contributed by atoms with van der Waals surface area (Å²) in [5, 5.41) is 0. The van der Waals surface area contributed by atoms with Crippen LogP contribution in [0, 0.1) is 0 Å². The summed E-state index contributed by atoms with van der Waals surface area (Å²) in [7, 11) is -3.23. The van der Waals surface area contributed by atoms with Crippen LogP contribution in [0.15, 0.2) is 0 Å². The Morgan fingerprint density at radius 3 is 2.32 bits per heavy atom. The van der Waals surface area contributed by atoms with Crippen LogP contribution < -0.4 is 0 Å². The molecule has 0 aliphatic carbocycles. The fraction of sp³-hybridized carbons (Fsp3) is 0.923. The standard InChI is InChI=1S/C13H25NO4S/c1-10-13(5,19(6,16)17)8-7-9-14(10)11(15)18-12(2,3)4/h10H,7-9H2,1-6H3. The van der Waals surface area contributed by atoms with Crippen molar-refractivity contribution in [2.45, 2.75) is 63.9 Å². The van der Waals surface area contributed by atoms with Crippen molar-refractivity contribution < 1.29 is 17.9 Å².